The van der Waals surface area contributed by atoms with Crippen LogP contribution in [0.1, 0.15) is 47.9 Å². The molecule has 1 unspecified atom stereocenters. The molecule has 0 aliphatic heterocycles. The molecule has 0 amide bonds. The van der Waals surface area contributed by atoms with Gasteiger partial charge in [-0.3, -0.25) is 0 Å². The van der Waals surface area contributed by atoms with Crippen LogP contribution in [0.4, 0.5) is 0 Å². The fourth-order valence-electron chi connectivity index (χ4n) is 2.21. The van der Waals surface area contributed by atoms with Crippen LogP contribution in [0, 0.1) is 5.92 Å². The van der Waals surface area contributed by atoms with Gasteiger partial charge in [-0.15, -0.1) is 0 Å². The van der Waals surface area contributed by atoms with Crippen LogP contribution in [0.2, 0.25) is 0 Å². The molecular weight excluding hydrogens is 208 g/mol. The van der Waals surface area contributed by atoms with Gasteiger partial charge >= 0.3 is 0 Å². The van der Waals surface area contributed by atoms with Gasteiger partial charge in [0.25, 0.3) is 0 Å². The molecule has 1 aliphatic rings. The van der Waals surface area contributed by atoms with Gasteiger partial charge in [-0.05, 0) is 72.3 Å². The number of nitrogens with one attached hydrogen (secondary N) is 1. The van der Waals surface area contributed by atoms with Crippen LogP contribution in [0.15, 0.2) is 11.6 Å². The Morgan fingerprint density at radius 3 is 2.71 bits per heavy atom. The Hall–Kier alpha value is -0.340. The first-order valence-electron chi connectivity index (χ1n) is 7.19. The normalized spacial score (nSPS) is 19.6. The fourth-order valence-corrected chi connectivity index (χ4v) is 2.21. The molecule has 0 saturated carbocycles. The standard InChI is InChI=1S/C13H26N2.C2H6.H2/c1-12-6-4-7-13(10-12)11-14-8-5-9-15(2)3;1-2;/h6,13-14H,4-5,7-11H2,1-3H3;1-2H3;1H. The molecule has 0 saturated heterocycles. The van der Waals surface area contributed by atoms with E-state index in [0.29, 0.717) is 0 Å². The first-order valence-corrected chi connectivity index (χ1v) is 7.19. The molecule has 104 valence electrons. The average molecular weight is 242 g/mol. The molecule has 0 aromatic rings. The van der Waals surface area contributed by atoms with Crippen LogP contribution in [0.25, 0.3) is 0 Å². The Kier molecular flexibility index (Phi) is 10.6. The molecular formula is C15H34N2. The van der Waals surface area contributed by atoms with Crippen LogP contribution in [0.3, 0.4) is 0 Å². The predicted octanol–water partition coefficient (Wildman–Crippen LogP) is 3.55. The summed E-state index contributed by atoms with van der Waals surface area (Å²) < 4.78 is 0. The van der Waals surface area contributed by atoms with E-state index in [1.807, 2.05) is 13.8 Å². The van der Waals surface area contributed by atoms with Gasteiger partial charge in [-0.25, -0.2) is 0 Å². The van der Waals surface area contributed by atoms with Gasteiger partial charge in [0.1, 0.15) is 0 Å². The van der Waals surface area contributed by atoms with Gasteiger partial charge in [0.15, 0.2) is 0 Å². The largest absolute Gasteiger partial charge is 0.316 e. The zero-order valence-corrected chi connectivity index (χ0v) is 12.6. The molecule has 0 fully saturated rings. The molecule has 0 bridgehead atoms. The lowest BCUT2D eigenvalue weighted by Gasteiger charge is -2.21. The van der Waals surface area contributed by atoms with Crippen LogP contribution in [0.5, 0.6) is 0 Å². The maximum atomic E-state index is 3.58. The molecule has 2 nitrogen and oxygen atoms in total. The van der Waals surface area contributed by atoms with Crippen molar-refractivity contribution in [3.8, 4) is 0 Å². The molecule has 0 aromatic heterocycles. The molecule has 0 radical (unpaired) electrons. The number of nitrogens with zero attached hydrogens (tertiary/aromatic N) is 1. The highest BCUT2D eigenvalue weighted by Gasteiger charge is 2.12. The highest BCUT2D eigenvalue weighted by Crippen LogP contribution is 2.22. The predicted molar refractivity (Wildman–Crippen MR) is 80.6 cm³/mol. The second kappa shape index (κ2) is 10.8. The maximum absolute atomic E-state index is 3.58. The van der Waals surface area contributed by atoms with E-state index in [-0.39, 0.29) is 1.43 Å². The minimum Gasteiger partial charge on any atom is -0.316 e. The quantitative estimate of drug-likeness (QED) is 0.566. The van der Waals surface area contributed by atoms with Crippen molar-refractivity contribution >= 4 is 0 Å². The highest BCUT2D eigenvalue weighted by molar-refractivity contribution is 5.03. The molecule has 0 heterocycles. The Labute approximate surface area is 110 Å². The zero-order chi connectivity index (χ0) is 13.1. The van der Waals surface area contributed by atoms with Crippen molar-refractivity contribution < 1.29 is 1.43 Å². The van der Waals surface area contributed by atoms with Crippen LogP contribution >= 0.6 is 0 Å². The van der Waals surface area contributed by atoms with E-state index in [9.17, 15) is 0 Å². The van der Waals surface area contributed by atoms with Crippen molar-refractivity contribution in [3.05, 3.63) is 11.6 Å². The van der Waals surface area contributed by atoms with Gasteiger partial charge < -0.3 is 10.2 Å². The lowest BCUT2D eigenvalue weighted by Crippen LogP contribution is -2.27. The third kappa shape index (κ3) is 9.37. The minimum atomic E-state index is 0. The molecule has 0 spiro atoms. The summed E-state index contributed by atoms with van der Waals surface area (Å²) in [7, 11) is 4.27. The summed E-state index contributed by atoms with van der Waals surface area (Å²) in [5, 5.41) is 3.58. The summed E-state index contributed by atoms with van der Waals surface area (Å²) >= 11 is 0. The maximum Gasteiger partial charge on any atom is 0 e. The van der Waals surface area contributed by atoms with E-state index in [1.165, 1.54) is 38.8 Å². The van der Waals surface area contributed by atoms with Crippen molar-refractivity contribution in [1.82, 2.24) is 10.2 Å². The summed E-state index contributed by atoms with van der Waals surface area (Å²) in [6.45, 7) is 9.82. The number of hydrogen-bond donors (Lipinski definition) is 1. The van der Waals surface area contributed by atoms with Gasteiger partial charge in [-0.2, -0.15) is 0 Å². The molecule has 17 heavy (non-hydrogen) atoms. The lowest BCUT2D eigenvalue weighted by atomic mass is 9.89. The van der Waals surface area contributed by atoms with Gasteiger partial charge in [-0.1, -0.05) is 25.5 Å². The van der Waals surface area contributed by atoms with Crippen molar-refractivity contribution in [2.24, 2.45) is 5.92 Å². The van der Waals surface area contributed by atoms with Crippen molar-refractivity contribution in [2.75, 3.05) is 33.7 Å². The van der Waals surface area contributed by atoms with Crippen LogP contribution in [-0.4, -0.2) is 38.6 Å². The summed E-state index contributed by atoms with van der Waals surface area (Å²) in [6.07, 6.45) is 7.62. The van der Waals surface area contributed by atoms with E-state index in [0.717, 1.165) is 12.5 Å². The summed E-state index contributed by atoms with van der Waals surface area (Å²) in [5.74, 6) is 0.884. The average Bonchev–Trinajstić information content (AvgIpc) is 2.31. The monoisotopic (exact) mass is 242 g/mol. The topological polar surface area (TPSA) is 15.3 Å². The second-order valence-corrected chi connectivity index (χ2v) is 5.06. The highest BCUT2D eigenvalue weighted by atomic mass is 15.1. The van der Waals surface area contributed by atoms with E-state index < -0.39 is 0 Å². The van der Waals surface area contributed by atoms with Crippen LogP contribution < -0.4 is 5.32 Å². The fraction of sp³-hybridized carbons (Fsp3) is 0.867. The number of rotatable bonds is 6. The Balaban J connectivity index is 0. The Bertz CT molecular complexity index is 203. The van der Waals surface area contributed by atoms with E-state index in [4.69, 9.17) is 0 Å². The second-order valence-electron chi connectivity index (χ2n) is 5.06. The lowest BCUT2D eigenvalue weighted by molar-refractivity contribution is 0.380. The third-order valence-electron chi connectivity index (χ3n) is 3.07. The van der Waals surface area contributed by atoms with Crippen LogP contribution in [-0.2, 0) is 0 Å². The van der Waals surface area contributed by atoms with Crippen molar-refractivity contribution in [1.29, 1.82) is 0 Å². The molecule has 1 atom stereocenters. The SMILES string of the molecule is CC.CC1=CCCC(CNCCCN(C)C)C1.[HH]. The molecule has 2 heteroatoms. The van der Waals surface area contributed by atoms with E-state index >= 15 is 0 Å². The Morgan fingerprint density at radius 2 is 2.12 bits per heavy atom. The zero-order valence-electron chi connectivity index (χ0n) is 12.6. The molecule has 0 aromatic carbocycles. The summed E-state index contributed by atoms with van der Waals surface area (Å²) in [6, 6.07) is 0. The summed E-state index contributed by atoms with van der Waals surface area (Å²) in [5.41, 5.74) is 1.58. The third-order valence-corrected chi connectivity index (χ3v) is 3.07. The van der Waals surface area contributed by atoms with Gasteiger partial charge in [0.2, 0.25) is 0 Å². The first kappa shape index (κ1) is 16.7. The van der Waals surface area contributed by atoms with Gasteiger partial charge in [0.05, 0.1) is 0 Å². The number of allylic oxidation sites excluding steroid dienone is 2. The Morgan fingerprint density at radius 1 is 1.41 bits per heavy atom. The molecule has 1 rings (SSSR count). The minimum absolute atomic E-state index is 0. The molecule has 1 N–H and O–H groups in total. The van der Waals surface area contributed by atoms with Crippen molar-refractivity contribution in [2.45, 2.75) is 46.5 Å². The van der Waals surface area contributed by atoms with E-state index in [2.05, 4.69) is 37.3 Å². The first-order chi connectivity index (χ1) is 8.18. The van der Waals surface area contributed by atoms with Gasteiger partial charge in [0, 0.05) is 1.43 Å². The molecule has 1 aliphatic carbocycles. The number of hydrogen-bond acceptors (Lipinski definition) is 2. The smallest absolute Gasteiger partial charge is 0 e. The summed E-state index contributed by atoms with van der Waals surface area (Å²) in [4.78, 5) is 2.25. The van der Waals surface area contributed by atoms with Crippen molar-refractivity contribution in [3.63, 3.8) is 0 Å². The van der Waals surface area contributed by atoms with E-state index in [1.54, 1.807) is 5.57 Å².